The molecule has 182 valence electrons. The van der Waals surface area contributed by atoms with Gasteiger partial charge in [-0.05, 0) is 54.8 Å². The SMILES string of the molecule is COc1ccc(CCn2c(O)c(C(=O)COc3ccc(Cl)cc3Cl)c(C)c(C#N)c2=O)cc1OC. The van der Waals surface area contributed by atoms with Crippen molar-refractivity contribution in [2.45, 2.75) is 19.9 Å². The summed E-state index contributed by atoms with van der Waals surface area (Å²) < 4.78 is 17.0. The number of ketones is 1. The number of rotatable bonds is 9. The summed E-state index contributed by atoms with van der Waals surface area (Å²) in [6.07, 6.45) is 0.312. The van der Waals surface area contributed by atoms with Crippen LogP contribution in [0.15, 0.2) is 41.2 Å². The fourth-order valence-electron chi connectivity index (χ4n) is 3.58. The number of hydrogen-bond donors (Lipinski definition) is 1. The topological polar surface area (TPSA) is 111 Å². The molecular weight excluding hydrogens is 495 g/mol. The van der Waals surface area contributed by atoms with Gasteiger partial charge in [0.15, 0.2) is 18.1 Å². The lowest BCUT2D eigenvalue weighted by Gasteiger charge is -2.16. The van der Waals surface area contributed by atoms with Crippen LogP contribution in [0.3, 0.4) is 0 Å². The van der Waals surface area contributed by atoms with Crippen molar-refractivity contribution in [2.24, 2.45) is 0 Å². The van der Waals surface area contributed by atoms with Gasteiger partial charge in [0.25, 0.3) is 5.56 Å². The molecule has 0 saturated carbocycles. The molecule has 0 saturated heterocycles. The van der Waals surface area contributed by atoms with Crippen LogP contribution < -0.4 is 19.8 Å². The Balaban J connectivity index is 1.91. The average Bonchev–Trinajstić information content (AvgIpc) is 2.83. The zero-order chi connectivity index (χ0) is 25.7. The Hall–Kier alpha value is -3.67. The highest BCUT2D eigenvalue weighted by atomic mass is 35.5. The van der Waals surface area contributed by atoms with Gasteiger partial charge in [-0.1, -0.05) is 29.3 Å². The summed E-state index contributed by atoms with van der Waals surface area (Å²) in [5.74, 6) is 0.123. The Kier molecular flexibility index (Phi) is 8.28. The van der Waals surface area contributed by atoms with Gasteiger partial charge in [-0.3, -0.25) is 14.2 Å². The van der Waals surface area contributed by atoms with Gasteiger partial charge in [0.1, 0.15) is 17.4 Å². The number of benzene rings is 2. The molecule has 8 nitrogen and oxygen atoms in total. The third kappa shape index (κ3) is 5.53. The number of methoxy groups -OCH3 is 2. The van der Waals surface area contributed by atoms with Gasteiger partial charge in [-0.15, -0.1) is 0 Å². The van der Waals surface area contributed by atoms with Crippen LogP contribution >= 0.6 is 23.2 Å². The first-order valence-electron chi connectivity index (χ1n) is 10.4. The van der Waals surface area contributed by atoms with Crippen molar-refractivity contribution in [2.75, 3.05) is 20.8 Å². The minimum absolute atomic E-state index is 0.0132. The van der Waals surface area contributed by atoms with E-state index in [9.17, 15) is 20.0 Å². The third-order valence-corrected chi connectivity index (χ3v) is 5.93. The van der Waals surface area contributed by atoms with E-state index in [2.05, 4.69) is 0 Å². The van der Waals surface area contributed by atoms with Gasteiger partial charge in [-0.25, -0.2) is 0 Å². The number of Topliss-reactive ketones (excluding diaryl/α,β-unsaturated/α-hetero) is 1. The summed E-state index contributed by atoms with van der Waals surface area (Å²) in [7, 11) is 3.03. The molecule has 0 aliphatic heterocycles. The number of halogens is 2. The molecule has 3 aromatic rings. The number of nitrogens with zero attached hydrogens (tertiary/aromatic N) is 2. The summed E-state index contributed by atoms with van der Waals surface area (Å²) in [6, 6.07) is 11.6. The highest BCUT2D eigenvalue weighted by Crippen LogP contribution is 2.30. The molecule has 0 aliphatic rings. The molecule has 1 aromatic heterocycles. The Morgan fingerprint density at radius 3 is 2.40 bits per heavy atom. The molecule has 0 bridgehead atoms. The largest absolute Gasteiger partial charge is 0.494 e. The molecule has 0 spiro atoms. The van der Waals surface area contributed by atoms with E-state index in [1.54, 1.807) is 24.3 Å². The maximum absolute atomic E-state index is 13.0. The zero-order valence-corrected chi connectivity index (χ0v) is 20.7. The Morgan fingerprint density at radius 2 is 1.77 bits per heavy atom. The molecule has 35 heavy (non-hydrogen) atoms. The molecule has 0 radical (unpaired) electrons. The van der Waals surface area contributed by atoms with Crippen LogP contribution in [-0.4, -0.2) is 36.3 Å². The van der Waals surface area contributed by atoms with E-state index in [0.717, 1.165) is 10.1 Å². The predicted octanol–water partition coefficient (Wildman–Crippen LogP) is 4.56. The predicted molar refractivity (Wildman–Crippen MR) is 131 cm³/mol. The normalized spacial score (nSPS) is 10.5. The van der Waals surface area contributed by atoms with Crippen molar-refractivity contribution < 1.29 is 24.1 Å². The first-order valence-corrected chi connectivity index (χ1v) is 11.2. The molecule has 1 N–H and O–H groups in total. The molecule has 0 atom stereocenters. The van der Waals surface area contributed by atoms with Crippen LogP contribution in [0, 0.1) is 18.3 Å². The van der Waals surface area contributed by atoms with Crippen LogP contribution in [0.4, 0.5) is 0 Å². The Morgan fingerprint density at radius 1 is 1.09 bits per heavy atom. The van der Waals surface area contributed by atoms with Gasteiger partial charge in [0.2, 0.25) is 11.7 Å². The van der Waals surface area contributed by atoms with Crippen LogP contribution in [0.1, 0.15) is 27.0 Å². The van der Waals surface area contributed by atoms with Crippen LogP contribution in [-0.2, 0) is 13.0 Å². The summed E-state index contributed by atoms with van der Waals surface area (Å²) in [6.45, 7) is 0.967. The molecule has 0 aliphatic carbocycles. The number of carbonyl (C=O) groups excluding carboxylic acids is 1. The fourth-order valence-corrected chi connectivity index (χ4v) is 4.04. The molecule has 0 amide bonds. The second-order valence-corrected chi connectivity index (χ2v) is 8.34. The number of aromatic hydroxyl groups is 1. The van der Waals surface area contributed by atoms with Crippen LogP contribution in [0.2, 0.25) is 10.0 Å². The fraction of sp³-hybridized carbons (Fsp3) is 0.240. The second-order valence-electron chi connectivity index (χ2n) is 7.49. The van der Waals surface area contributed by atoms with Crippen molar-refractivity contribution in [3.8, 4) is 29.2 Å². The van der Waals surface area contributed by atoms with Crippen LogP contribution in [0.25, 0.3) is 0 Å². The van der Waals surface area contributed by atoms with Crippen molar-refractivity contribution >= 4 is 29.0 Å². The highest BCUT2D eigenvalue weighted by Gasteiger charge is 2.24. The summed E-state index contributed by atoms with van der Waals surface area (Å²) in [5.41, 5.74) is -0.225. The van der Waals surface area contributed by atoms with E-state index in [1.165, 1.54) is 33.3 Å². The number of hydrogen-bond acceptors (Lipinski definition) is 7. The lowest BCUT2D eigenvalue weighted by Crippen LogP contribution is -2.28. The summed E-state index contributed by atoms with van der Waals surface area (Å²) in [4.78, 5) is 25.9. The lowest BCUT2D eigenvalue weighted by atomic mass is 10.0. The standard InChI is InChI=1S/C25H22Cl2N2O6/c1-14-17(12-28)24(31)29(9-8-15-4-6-21(33-2)22(10-15)34-3)25(32)23(14)19(30)13-35-20-7-5-16(26)11-18(20)27/h4-7,10-11,32H,8-9,13H2,1-3H3. The minimum atomic E-state index is -0.693. The van der Waals surface area contributed by atoms with Gasteiger partial charge in [-0.2, -0.15) is 5.26 Å². The molecule has 0 fully saturated rings. The average molecular weight is 517 g/mol. The number of aromatic nitrogens is 1. The van der Waals surface area contributed by atoms with Gasteiger partial charge >= 0.3 is 0 Å². The quantitative estimate of drug-likeness (QED) is 0.414. The van der Waals surface area contributed by atoms with E-state index in [1.807, 2.05) is 6.07 Å². The first-order chi connectivity index (χ1) is 16.7. The van der Waals surface area contributed by atoms with Crippen molar-refractivity contribution in [3.63, 3.8) is 0 Å². The summed E-state index contributed by atoms with van der Waals surface area (Å²) in [5, 5.41) is 21.1. The molecular formula is C25H22Cl2N2O6. The number of nitriles is 1. The van der Waals surface area contributed by atoms with Gasteiger partial charge < -0.3 is 19.3 Å². The van der Waals surface area contributed by atoms with Crippen LogP contribution in [0.5, 0.6) is 23.1 Å². The highest BCUT2D eigenvalue weighted by molar-refractivity contribution is 6.35. The molecule has 10 heteroatoms. The van der Waals surface area contributed by atoms with E-state index >= 15 is 0 Å². The summed E-state index contributed by atoms with van der Waals surface area (Å²) >= 11 is 12.0. The van der Waals surface area contributed by atoms with E-state index in [4.69, 9.17) is 37.4 Å². The molecule has 1 heterocycles. The maximum atomic E-state index is 13.0. The van der Waals surface area contributed by atoms with Gasteiger partial charge in [0.05, 0.1) is 24.8 Å². The third-order valence-electron chi connectivity index (χ3n) is 5.40. The molecule has 3 rings (SSSR count). The number of ether oxygens (including phenoxy) is 3. The number of pyridine rings is 1. The van der Waals surface area contributed by atoms with Crippen molar-refractivity contribution in [3.05, 3.63) is 79.1 Å². The number of aryl methyl sites for hydroxylation is 1. The smallest absolute Gasteiger partial charge is 0.271 e. The first kappa shape index (κ1) is 25.9. The molecule has 2 aromatic carbocycles. The Bertz CT molecular complexity index is 1380. The van der Waals surface area contributed by atoms with Crippen molar-refractivity contribution in [1.29, 1.82) is 5.26 Å². The molecule has 0 unspecified atom stereocenters. The van der Waals surface area contributed by atoms with Crippen molar-refractivity contribution in [1.82, 2.24) is 4.57 Å². The van der Waals surface area contributed by atoms with E-state index in [0.29, 0.717) is 22.9 Å². The maximum Gasteiger partial charge on any atom is 0.271 e. The van der Waals surface area contributed by atoms with E-state index < -0.39 is 23.8 Å². The second kappa shape index (κ2) is 11.2. The van der Waals surface area contributed by atoms with Gasteiger partial charge in [0, 0.05) is 11.6 Å². The monoisotopic (exact) mass is 516 g/mol. The minimum Gasteiger partial charge on any atom is -0.494 e. The Labute approximate surface area is 211 Å². The number of carbonyl (C=O) groups is 1. The zero-order valence-electron chi connectivity index (χ0n) is 19.2. The lowest BCUT2D eigenvalue weighted by molar-refractivity contribution is 0.0916. The van der Waals surface area contributed by atoms with E-state index in [-0.39, 0.29) is 34.0 Å².